The fourth-order valence-corrected chi connectivity index (χ4v) is 1.40. The summed E-state index contributed by atoms with van der Waals surface area (Å²) in [6.07, 6.45) is 0.647. The molecule has 1 aliphatic rings. The SMILES string of the molecule is O=C(CCOC1COC1)c1ccccc1. The monoisotopic (exact) mass is 206 g/mol. The number of ether oxygens (including phenoxy) is 2. The predicted molar refractivity (Wildman–Crippen MR) is 55.9 cm³/mol. The van der Waals surface area contributed by atoms with Crippen LogP contribution < -0.4 is 0 Å². The molecule has 80 valence electrons. The molecule has 2 rings (SSSR count). The third-order valence-corrected chi connectivity index (χ3v) is 2.39. The molecule has 0 aliphatic carbocycles. The van der Waals surface area contributed by atoms with Gasteiger partial charge in [-0.05, 0) is 0 Å². The Labute approximate surface area is 89.0 Å². The summed E-state index contributed by atoms with van der Waals surface area (Å²) >= 11 is 0. The van der Waals surface area contributed by atoms with Crippen LogP contribution >= 0.6 is 0 Å². The molecular formula is C12H14O3. The molecule has 0 radical (unpaired) electrons. The Bertz CT molecular complexity index is 317. The van der Waals surface area contributed by atoms with Crippen molar-refractivity contribution in [3.63, 3.8) is 0 Å². The number of carbonyl (C=O) groups excluding carboxylic acids is 1. The molecule has 1 fully saturated rings. The molecule has 0 bridgehead atoms. The molecule has 0 unspecified atom stereocenters. The number of ketones is 1. The first-order chi connectivity index (χ1) is 7.36. The van der Waals surface area contributed by atoms with E-state index in [0.717, 1.165) is 5.56 Å². The van der Waals surface area contributed by atoms with Crippen LogP contribution in [0.25, 0.3) is 0 Å². The lowest BCUT2D eigenvalue weighted by molar-refractivity contribution is -0.128. The summed E-state index contributed by atoms with van der Waals surface area (Å²) in [7, 11) is 0. The zero-order valence-corrected chi connectivity index (χ0v) is 8.52. The van der Waals surface area contributed by atoms with Gasteiger partial charge in [-0.1, -0.05) is 30.3 Å². The molecule has 15 heavy (non-hydrogen) atoms. The Kier molecular flexibility index (Phi) is 3.48. The minimum atomic E-state index is 0.135. The van der Waals surface area contributed by atoms with Crippen LogP contribution in [0.1, 0.15) is 16.8 Å². The molecule has 0 aromatic heterocycles. The zero-order chi connectivity index (χ0) is 10.5. The summed E-state index contributed by atoms with van der Waals surface area (Å²) in [6, 6.07) is 9.30. The van der Waals surface area contributed by atoms with E-state index in [4.69, 9.17) is 9.47 Å². The van der Waals surface area contributed by atoms with Crippen LogP contribution in [0.4, 0.5) is 0 Å². The number of rotatable bonds is 5. The molecule has 1 aromatic rings. The third kappa shape index (κ3) is 2.88. The van der Waals surface area contributed by atoms with Crippen molar-refractivity contribution in [3.8, 4) is 0 Å². The lowest BCUT2D eigenvalue weighted by atomic mass is 10.1. The molecule has 0 atom stereocenters. The molecule has 0 spiro atoms. The van der Waals surface area contributed by atoms with Gasteiger partial charge in [0.1, 0.15) is 6.10 Å². The Balaban J connectivity index is 1.72. The Morgan fingerprint density at radius 1 is 1.33 bits per heavy atom. The molecule has 3 nitrogen and oxygen atoms in total. The largest absolute Gasteiger partial charge is 0.376 e. The smallest absolute Gasteiger partial charge is 0.165 e. The molecule has 0 N–H and O–H groups in total. The second-order valence-electron chi connectivity index (χ2n) is 3.57. The van der Waals surface area contributed by atoms with Gasteiger partial charge >= 0.3 is 0 Å². The maximum atomic E-state index is 11.6. The summed E-state index contributed by atoms with van der Waals surface area (Å²) < 4.78 is 10.4. The van der Waals surface area contributed by atoms with Gasteiger partial charge in [-0.3, -0.25) is 4.79 Å². The van der Waals surface area contributed by atoms with Crippen LogP contribution in [0.2, 0.25) is 0 Å². The van der Waals surface area contributed by atoms with E-state index in [2.05, 4.69) is 0 Å². The van der Waals surface area contributed by atoms with Crippen molar-refractivity contribution >= 4 is 5.78 Å². The number of hydrogen-bond donors (Lipinski definition) is 0. The fraction of sp³-hybridized carbons (Fsp3) is 0.417. The van der Waals surface area contributed by atoms with E-state index in [9.17, 15) is 4.79 Å². The second kappa shape index (κ2) is 5.05. The lowest BCUT2D eigenvalue weighted by Gasteiger charge is -2.25. The summed E-state index contributed by atoms with van der Waals surface area (Å²) in [4.78, 5) is 11.6. The van der Waals surface area contributed by atoms with Gasteiger partial charge in [0.05, 0.1) is 19.8 Å². The molecule has 1 aliphatic heterocycles. The molecule has 3 heteroatoms. The van der Waals surface area contributed by atoms with Crippen molar-refractivity contribution in [1.82, 2.24) is 0 Å². The van der Waals surface area contributed by atoms with Crippen LogP contribution in [-0.4, -0.2) is 31.7 Å². The highest BCUT2D eigenvalue weighted by Crippen LogP contribution is 2.07. The first-order valence-electron chi connectivity index (χ1n) is 5.14. The molecule has 1 aromatic carbocycles. The lowest BCUT2D eigenvalue weighted by Crippen LogP contribution is -2.36. The van der Waals surface area contributed by atoms with Crippen LogP contribution in [0.15, 0.2) is 30.3 Å². The van der Waals surface area contributed by atoms with Gasteiger partial charge in [0.15, 0.2) is 5.78 Å². The van der Waals surface area contributed by atoms with Crippen LogP contribution in [-0.2, 0) is 9.47 Å². The van der Waals surface area contributed by atoms with Crippen LogP contribution in [0, 0.1) is 0 Å². The van der Waals surface area contributed by atoms with Gasteiger partial charge in [-0.15, -0.1) is 0 Å². The Morgan fingerprint density at radius 3 is 2.67 bits per heavy atom. The number of Topliss-reactive ketones (excluding diaryl/α,β-unsaturated/α-hetero) is 1. The van der Waals surface area contributed by atoms with E-state index >= 15 is 0 Å². The van der Waals surface area contributed by atoms with E-state index < -0.39 is 0 Å². The van der Waals surface area contributed by atoms with Crippen molar-refractivity contribution in [2.24, 2.45) is 0 Å². The minimum absolute atomic E-state index is 0.135. The highest BCUT2D eigenvalue weighted by molar-refractivity contribution is 5.96. The van der Waals surface area contributed by atoms with Gasteiger partial charge < -0.3 is 9.47 Å². The van der Waals surface area contributed by atoms with Crippen molar-refractivity contribution in [3.05, 3.63) is 35.9 Å². The average Bonchev–Trinajstić information content (AvgIpc) is 2.23. The maximum Gasteiger partial charge on any atom is 0.165 e. The number of hydrogen-bond acceptors (Lipinski definition) is 3. The number of benzene rings is 1. The van der Waals surface area contributed by atoms with Gasteiger partial charge in [0, 0.05) is 12.0 Å². The first kappa shape index (κ1) is 10.3. The zero-order valence-electron chi connectivity index (χ0n) is 8.52. The molecule has 0 amide bonds. The Hall–Kier alpha value is -1.19. The first-order valence-corrected chi connectivity index (χ1v) is 5.14. The molecule has 1 saturated heterocycles. The highest BCUT2D eigenvalue weighted by Gasteiger charge is 2.18. The molecule has 0 saturated carbocycles. The van der Waals surface area contributed by atoms with Gasteiger partial charge in [-0.2, -0.15) is 0 Å². The Morgan fingerprint density at radius 2 is 2.07 bits per heavy atom. The van der Waals surface area contributed by atoms with E-state index in [1.807, 2.05) is 30.3 Å². The summed E-state index contributed by atoms with van der Waals surface area (Å²) in [5, 5.41) is 0. The van der Waals surface area contributed by atoms with E-state index in [0.29, 0.717) is 26.2 Å². The summed E-state index contributed by atoms with van der Waals surface area (Å²) in [5.41, 5.74) is 0.756. The number of carbonyl (C=O) groups is 1. The third-order valence-electron chi connectivity index (χ3n) is 2.39. The quantitative estimate of drug-likeness (QED) is 0.687. The van der Waals surface area contributed by atoms with Crippen molar-refractivity contribution in [2.45, 2.75) is 12.5 Å². The van der Waals surface area contributed by atoms with Crippen molar-refractivity contribution < 1.29 is 14.3 Å². The minimum Gasteiger partial charge on any atom is -0.376 e. The van der Waals surface area contributed by atoms with Gasteiger partial charge in [0.2, 0.25) is 0 Å². The van der Waals surface area contributed by atoms with E-state index in [1.165, 1.54) is 0 Å². The normalized spacial score (nSPS) is 16.0. The maximum absolute atomic E-state index is 11.6. The van der Waals surface area contributed by atoms with Crippen molar-refractivity contribution in [1.29, 1.82) is 0 Å². The molecular weight excluding hydrogens is 192 g/mol. The standard InChI is InChI=1S/C12H14O3/c13-12(10-4-2-1-3-5-10)6-7-15-11-8-14-9-11/h1-5,11H,6-9H2. The fourth-order valence-electron chi connectivity index (χ4n) is 1.40. The highest BCUT2D eigenvalue weighted by atomic mass is 16.6. The molecule has 1 heterocycles. The van der Waals surface area contributed by atoms with E-state index in [-0.39, 0.29) is 11.9 Å². The average molecular weight is 206 g/mol. The van der Waals surface area contributed by atoms with Gasteiger partial charge in [0.25, 0.3) is 0 Å². The summed E-state index contributed by atoms with van der Waals surface area (Å²) in [6.45, 7) is 1.82. The second-order valence-corrected chi connectivity index (χ2v) is 3.57. The van der Waals surface area contributed by atoms with Gasteiger partial charge in [-0.25, -0.2) is 0 Å². The van der Waals surface area contributed by atoms with Crippen molar-refractivity contribution in [2.75, 3.05) is 19.8 Å². The topological polar surface area (TPSA) is 35.5 Å². The summed E-state index contributed by atoms with van der Waals surface area (Å²) in [5.74, 6) is 0.135. The van der Waals surface area contributed by atoms with Crippen LogP contribution in [0.5, 0.6) is 0 Å². The van der Waals surface area contributed by atoms with E-state index in [1.54, 1.807) is 0 Å². The predicted octanol–water partition coefficient (Wildman–Crippen LogP) is 1.67. The van der Waals surface area contributed by atoms with Crippen LogP contribution in [0.3, 0.4) is 0 Å².